The summed E-state index contributed by atoms with van der Waals surface area (Å²) in [7, 11) is -2.30. The Bertz CT molecular complexity index is 886. The average molecular weight is 469 g/mol. The van der Waals surface area contributed by atoms with E-state index in [9.17, 15) is 18.0 Å². The minimum absolute atomic E-state index is 0.0225. The molecule has 1 aromatic rings. The van der Waals surface area contributed by atoms with Gasteiger partial charge in [-0.3, -0.25) is 14.6 Å². The summed E-state index contributed by atoms with van der Waals surface area (Å²) in [6.07, 6.45) is 1.14. The number of benzene rings is 1. The first kappa shape index (κ1) is 25.6. The van der Waals surface area contributed by atoms with Crippen LogP contribution in [0.4, 0.5) is 0 Å². The zero-order valence-corrected chi connectivity index (χ0v) is 19.2. The van der Waals surface area contributed by atoms with Gasteiger partial charge in [-0.15, -0.1) is 0 Å². The van der Waals surface area contributed by atoms with Crippen LogP contribution in [-0.4, -0.2) is 77.5 Å². The Balaban J connectivity index is 1.81. The van der Waals surface area contributed by atoms with Crippen LogP contribution in [0.25, 0.3) is 0 Å². The molecule has 0 amide bonds. The molecule has 0 aromatic heterocycles. The van der Waals surface area contributed by atoms with E-state index >= 15 is 0 Å². The molecule has 10 nitrogen and oxygen atoms in total. The number of ether oxygens (including phenoxy) is 2. The summed E-state index contributed by atoms with van der Waals surface area (Å²) < 4.78 is 34.4. The molecule has 0 saturated heterocycles. The van der Waals surface area contributed by atoms with Crippen molar-refractivity contribution < 1.29 is 27.5 Å². The Morgan fingerprint density at radius 2 is 2.03 bits per heavy atom. The minimum atomic E-state index is -3.49. The van der Waals surface area contributed by atoms with E-state index in [2.05, 4.69) is 15.6 Å². The first-order valence-corrected chi connectivity index (χ1v) is 12.4. The van der Waals surface area contributed by atoms with Crippen LogP contribution in [0.15, 0.2) is 29.3 Å². The van der Waals surface area contributed by atoms with Gasteiger partial charge in [-0.25, -0.2) is 8.42 Å². The number of esters is 1. The van der Waals surface area contributed by atoms with Crippen molar-refractivity contribution in [3.8, 4) is 5.75 Å². The molecule has 0 saturated carbocycles. The smallest absolute Gasteiger partial charge is 0.309 e. The number of Topliss-reactive ketones (excluding diaryl/α,β-unsaturated/α-hetero) is 1. The van der Waals surface area contributed by atoms with Crippen molar-refractivity contribution in [3.63, 3.8) is 0 Å². The minimum Gasteiger partial charge on any atom is -0.492 e. The van der Waals surface area contributed by atoms with E-state index in [4.69, 9.17) is 15.2 Å². The van der Waals surface area contributed by atoms with Gasteiger partial charge >= 0.3 is 5.97 Å². The number of ketones is 1. The number of carbonyl (C=O) groups is 2. The third-order valence-electron chi connectivity index (χ3n) is 4.88. The lowest BCUT2D eigenvalue weighted by Gasteiger charge is -2.16. The molecule has 0 unspecified atom stereocenters. The predicted octanol–water partition coefficient (Wildman–Crippen LogP) is 0.130. The van der Waals surface area contributed by atoms with Crippen LogP contribution in [0, 0.1) is 5.92 Å². The van der Waals surface area contributed by atoms with E-state index in [0.29, 0.717) is 24.5 Å². The summed E-state index contributed by atoms with van der Waals surface area (Å²) in [6.45, 7) is 2.73. The van der Waals surface area contributed by atoms with Crippen LogP contribution >= 0.6 is 0 Å². The number of nitrogens with zero attached hydrogens (tertiary/aromatic N) is 1. The highest BCUT2D eigenvalue weighted by Crippen LogP contribution is 2.18. The van der Waals surface area contributed by atoms with Gasteiger partial charge in [-0.1, -0.05) is 0 Å². The molecule has 178 valence electrons. The number of nitrogens with two attached hydrogens (primary N) is 1. The molecule has 1 aliphatic rings. The standard InChI is InChI=1S/C21H32N4O6S/c1-30-20(27)17(15-32(28,29)14-9-22)5-8-19(26)16-3-6-18(7-4-16)31-13-12-25-21-23-10-2-11-24-21/h3-4,6-7,17H,2,5,8-15,22H2,1H3,(H2,23,24,25)/t17-/m1/s1. The van der Waals surface area contributed by atoms with Gasteiger partial charge < -0.3 is 25.8 Å². The molecule has 0 aliphatic carbocycles. The molecule has 11 heteroatoms. The fourth-order valence-corrected chi connectivity index (χ4v) is 4.62. The van der Waals surface area contributed by atoms with Gasteiger partial charge in [0.25, 0.3) is 0 Å². The number of hydrogen-bond donors (Lipinski definition) is 3. The summed E-state index contributed by atoms with van der Waals surface area (Å²) in [5.41, 5.74) is 5.77. The van der Waals surface area contributed by atoms with E-state index in [-0.39, 0.29) is 36.7 Å². The molecule has 1 atom stereocenters. The number of carbonyl (C=O) groups excluding carboxylic acids is 2. The Morgan fingerprint density at radius 1 is 1.28 bits per heavy atom. The lowest BCUT2D eigenvalue weighted by molar-refractivity contribution is -0.144. The third-order valence-corrected chi connectivity index (χ3v) is 6.64. The molecule has 4 N–H and O–H groups in total. The van der Waals surface area contributed by atoms with Gasteiger partial charge in [0.05, 0.1) is 31.1 Å². The molecular formula is C21H32N4O6S. The Labute approximate surface area is 188 Å². The van der Waals surface area contributed by atoms with Gasteiger partial charge in [0.15, 0.2) is 21.6 Å². The molecule has 0 bridgehead atoms. The Hall–Kier alpha value is -2.66. The van der Waals surface area contributed by atoms with E-state index in [1.54, 1.807) is 24.3 Å². The lowest BCUT2D eigenvalue weighted by atomic mass is 10.00. The molecule has 0 fully saturated rings. The highest BCUT2D eigenvalue weighted by atomic mass is 32.2. The molecule has 32 heavy (non-hydrogen) atoms. The first-order chi connectivity index (χ1) is 15.3. The van der Waals surface area contributed by atoms with Crippen LogP contribution in [0.1, 0.15) is 29.6 Å². The number of aliphatic imine (C=N–C) groups is 1. The van der Waals surface area contributed by atoms with Crippen molar-refractivity contribution in [3.05, 3.63) is 29.8 Å². The predicted molar refractivity (Wildman–Crippen MR) is 122 cm³/mol. The molecular weight excluding hydrogens is 436 g/mol. The van der Waals surface area contributed by atoms with Crippen LogP contribution in [-0.2, 0) is 19.4 Å². The number of rotatable bonds is 13. The molecule has 0 radical (unpaired) electrons. The summed E-state index contributed by atoms with van der Waals surface area (Å²) in [5.74, 6) is -0.930. The highest BCUT2D eigenvalue weighted by Gasteiger charge is 2.26. The molecule has 0 spiro atoms. The van der Waals surface area contributed by atoms with E-state index < -0.39 is 21.7 Å². The fourth-order valence-electron chi connectivity index (χ4n) is 3.18. The topological polar surface area (TPSA) is 149 Å². The second-order valence-corrected chi connectivity index (χ2v) is 9.62. The quantitative estimate of drug-likeness (QED) is 0.209. The SMILES string of the molecule is COC(=O)[C@H](CCC(=O)c1ccc(OCCNC2=NCCCN2)cc1)CS(=O)(=O)CCN. The van der Waals surface area contributed by atoms with Gasteiger partial charge in [0.1, 0.15) is 12.4 Å². The van der Waals surface area contributed by atoms with Crippen LogP contribution in [0.2, 0.25) is 0 Å². The zero-order chi connectivity index (χ0) is 23.4. The van der Waals surface area contributed by atoms with Crippen molar-refractivity contribution in [1.29, 1.82) is 0 Å². The number of guanidine groups is 1. The van der Waals surface area contributed by atoms with Gasteiger partial charge in [0.2, 0.25) is 0 Å². The van der Waals surface area contributed by atoms with Crippen molar-refractivity contribution in [1.82, 2.24) is 10.6 Å². The fraction of sp³-hybridized carbons (Fsp3) is 0.571. The summed E-state index contributed by atoms with van der Waals surface area (Å²) >= 11 is 0. The van der Waals surface area contributed by atoms with E-state index in [0.717, 1.165) is 25.5 Å². The number of methoxy groups -OCH3 is 1. The molecule has 1 aromatic carbocycles. The lowest BCUT2D eigenvalue weighted by Crippen LogP contribution is -2.42. The number of nitrogens with one attached hydrogen (secondary N) is 2. The largest absolute Gasteiger partial charge is 0.492 e. The number of sulfone groups is 1. The second-order valence-electron chi connectivity index (χ2n) is 7.40. The summed E-state index contributed by atoms with van der Waals surface area (Å²) in [6, 6.07) is 6.70. The van der Waals surface area contributed by atoms with Crippen molar-refractivity contribution in [2.45, 2.75) is 19.3 Å². The normalized spacial score (nSPS) is 14.6. The maximum absolute atomic E-state index is 12.5. The summed E-state index contributed by atoms with van der Waals surface area (Å²) in [4.78, 5) is 28.8. The van der Waals surface area contributed by atoms with Crippen LogP contribution < -0.4 is 21.1 Å². The van der Waals surface area contributed by atoms with Crippen LogP contribution in [0.3, 0.4) is 0 Å². The van der Waals surface area contributed by atoms with Crippen molar-refractivity contribution in [2.75, 3.05) is 51.4 Å². The Morgan fingerprint density at radius 3 is 2.66 bits per heavy atom. The monoisotopic (exact) mass is 468 g/mol. The first-order valence-electron chi connectivity index (χ1n) is 10.6. The highest BCUT2D eigenvalue weighted by molar-refractivity contribution is 7.91. The molecule has 1 aliphatic heterocycles. The van der Waals surface area contributed by atoms with E-state index in [1.165, 1.54) is 7.11 Å². The second kappa shape index (κ2) is 13.0. The zero-order valence-electron chi connectivity index (χ0n) is 18.3. The van der Waals surface area contributed by atoms with Crippen molar-refractivity contribution in [2.24, 2.45) is 16.6 Å². The van der Waals surface area contributed by atoms with Crippen LogP contribution in [0.5, 0.6) is 5.75 Å². The third kappa shape index (κ3) is 8.83. The van der Waals surface area contributed by atoms with Gasteiger partial charge in [0, 0.05) is 31.6 Å². The maximum atomic E-state index is 12.5. The Kier molecular flexibility index (Phi) is 10.4. The average Bonchev–Trinajstić information content (AvgIpc) is 2.79. The van der Waals surface area contributed by atoms with Gasteiger partial charge in [-0.05, 0) is 37.1 Å². The summed E-state index contributed by atoms with van der Waals surface area (Å²) in [5, 5.41) is 6.32. The van der Waals surface area contributed by atoms with E-state index in [1.807, 2.05) is 0 Å². The maximum Gasteiger partial charge on any atom is 0.309 e. The molecule has 1 heterocycles. The van der Waals surface area contributed by atoms with Gasteiger partial charge in [-0.2, -0.15) is 0 Å². The number of hydrogen-bond acceptors (Lipinski definition) is 10. The van der Waals surface area contributed by atoms with Crippen molar-refractivity contribution >= 4 is 27.5 Å². The molecule has 2 rings (SSSR count).